The Hall–Kier alpha value is -2.66. The molecular formula is C21H22FN3O. The van der Waals surface area contributed by atoms with Gasteiger partial charge in [-0.15, -0.1) is 0 Å². The predicted molar refractivity (Wildman–Crippen MR) is 102 cm³/mol. The molecule has 2 heterocycles. The van der Waals surface area contributed by atoms with Crippen molar-refractivity contribution < 1.29 is 9.18 Å². The molecule has 1 unspecified atom stereocenters. The summed E-state index contributed by atoms with van der Waals surface area (Å²) in [5.74, 6) is -0.519. The van der Waals surface area contributed by atoms with E-state index >= 15 is 0 Å². The number of para-hydroxylation sites is 1. The van der Waals surface area contributed by atoms with Gasteiger partial charge in [0.2, 0.25) is 0 Å². The minimum absolute atomic E-state index is 0.182. The van der Waals surface area contributed by atoms with Gasteiger partial charge in [0, 0.05) is 29.2 Å². The number of rotatable bonds is 3. The summed E-state index contributed by atoms with van der Waals surface area (Å²) in [4.78, 5) is 14.7. The molecule has 2 aromatic rings. The van der Waals surface area contributed by atoms with Crippen molar-refractivity contribution in [1.82, 2.24) is 5.32 Å². The van der Waals surface area contributed by atoms with Crippen LogP contribution in [0, 0.1) is 5.82 Å². The minimum Gasteiger partial charge on any atom is -0.344 e. The van der Waals surface area contributed by atoms with Crippen LogP contribution in [0.25, 0.3) is 5.57 Å². The Bertz CT molecular complexity index is 826. The Morgan fingerprint density at radius 1 is 1.08 bits per heavy atom. The van der Waals surface area contributed by atoms with Crippen molar-refractivity contribution in [3.05, 3.63) is 66.1 Å². The maximum atomic E-state index is 13.7. The Morgan fingerprint density at radius 2 is 1.92 bits per heavy atom. The summed E-state index contributed by atoms with van der Waals surface area (Å²) in [6.07, 6.45) is 5.03. The molecular weight excluding hydrogens is 329 g/mol. The second-order valence-corrected chi connectivity index (χ2v) is 6.76. The molecule has 0 aromatic heterocycles. The largest absolute Gasteiger partial charge is 0.344 e. The zero-order valence-corrected chi connectivity index (χ0v) is 14.5. The normalized spacial score (nSPS) is 21.2. The first-order chi connectivity index (χ1) is 12.7. The van der Waals surface area contributed by atoms with Crippen LogP contribution in [0.4, 0.5) is 15.8 Å². The van der Waals surface area contributed by atoms with Crippen LogP contribution < -0.4 is 15.5 Å². The Kier molecular flexibility index (Phi) is 4.71. The zero-order chi connectivity index (χ0) is 17.9. The van der Waals surface area contributed by atoms with E-state index in [1.54, 1.807) is 6.07 Å². The van der Waals surface area contributed by atoms with Gasteiger partial charge in [0.1, 0.15) is 5.82 Å². The van der Waals surface area contributed by atoms with E-state index in [9.17, 15) is 9.18 Å². The van der Waals surface area contributed by atoms with Crippen LogP contribution in [-0.4, -0.2) is 25.0 Å². The van der Waals surface area contributed by atoms with E-state index in [4.69, 9.17) is 0 Å². The van der Waals surface area contributed by atoms with E-state index < -0.39 is 0 Å². The van der Waals surface area contributed by atoms with Gasteiger partial charge in [-0.25, -0.2) is 4.39 Å². The van der Waals surface area contributed by atoms with Crippen molar-refractivity contribution in [2.24, 2.45) is 0 Å². The molecule has 0 radical (unpaired) electrons. The van der Waals surface area contributed by atoms with Crippen molar-refractivity contribution in [2.75, 3.05) is 23.3 Å². The van der Waals surface area contributed by atoms with Crippen molar-refractivity contribution in [2.45, 2.75) is 25.3 Å². The molecule has 5 heteroatoms. The summed E-state index contributed by atoms with van der Waals surface area (Å²) >= 11 is 0. The Labute approximate surface area is 152 Å². The van der Waals surface area contributed by atoms with Gasteiger partial charge in [0.05, 0.1) is 5.57 Å². The molecule has 0 saturated carbocycles. The number of hydrogen-bond acceptors (Lipinski definition) is 3. The SMILES string of the molecule is O=C1Nc2ccc(F)cc2/C1=C/N(c1ccccc1)C1CCCNCC1. The monoisotopic (exact) mass is 351 g/mol. The van der Waals surface area contributed by atoms with Crippen LogP contribution >= 0.6 is 0 Å². The number of anilines is 2. The van der Waals surface area contributed by atoms with Gasteiger partial charge in [0.25, 0.3) is 5.91 Å². The smallest absolute Gasteiger partial charge is 0.257 e. The molecule has 26 heavy (non-hydrogen) atoms. The highest BCUT2D eigenvalue weighted by Gasteiger charge is 2.27. The number of carbonyl (C=O) groups excluding carboxylic acids is 1. The van der Waals surface area contributed by atoms with Crippen LogP contribution in [-0.2, 0) is 4.79 Å². The number of hydrogen-bond donors (Lipinski definition) is 2. The maximum absolute atomic E-state index is 13.7. The van der Waals surface area contributed by atoms with Gasteiger partial charge in [0.15, 0.2) is 0 Å². The molecule has 4 rings (SSSR count). The van der Waals surface area contributed by atoms with Gasteiger partial charge in [-0.3, -0.25) is 4.79 Å². The van der Waals surface area contributed by atoms with Gasteiger partial charge in [-0.1, -0.05) is 18.2 Å². The molecule has 0 spiro atoms. The van der Waals surface area contributed by atoms with Gasteiger partial charge >= 0.3 is 0 Å². The van der Waals surface area contributed by atoms with Crippen LogP contribution in [0.2, 0.25) is 0 Å². The van der Waals surface area contributed by atoms with Crippen molar-refractivity contribution in [3.63, 3.8) is 0 Å². The minimum atomic E-state index is -0.337. The number of benzene rings is 2. The molecule has 134 valence electrons. The average molecular weight is 351 g/mol. The molecule has 4 nitrogen and oxygen atoms in total. The number of carbonyl (C=O) groups is 1. The van der Waals surface area contributed by atoms with Crippen LogP contribution in [0.5, 0.6) is 0 Å². The highest BCUT2D eigenvalue weighted by molar-refractivity contribution is 6.31. The van der Waals surface area contributed by atoms with E-state index in [0.717, 1.165) is 38.0 Å². The second-order valence-electron chi connectivity index (χ2n) is 6.76. The Morgan fingerprint density at radius 3 is 2.77 bits per heavy atom. The molecule has 1 amide bonds. The van der Waals surface area contributed by atoms with Crippen molar-refractivity contribution >= 4 is 22.9 Å². The molecule has 1 fully saturated rings. The summed E-state index contributed by atoms with van der Waals surface area (Å²) in [5.41, 5.74) is 2.85. The molecule has 1 atom stereocenters. The fraction of sp³-hybridized carbons (Fsp3) is 0.286. The number of fused-ring (bicyclic) bond motifs is 1. The molecule has 2 aromatic carbocycles. The first kappa shape index (κ1) is 16.8. The van der Waals surface area contributed by atoms with Crippen LogP contribution in [0.3, 0.4) is 0 Å². The number of amides is 1. The highest BCUT2D eigenvalue weighted by atomic mass is 19.1. The first-order valence-corrected chi connectivity index (χ1v) is 9.09. The molecule has 1 saturated heterocycles. The predicted octanol–water partition coefficient (Wildman–Crippen LogP) is 3.77. The van der Waals surface area contributed by atoms with E-state index in [-0.39, 0.29) is 11.7 Å². The standard InChI is InChI=1S/C21H22FN3O/c22-15-8-9-20-18(13-15)19(21(26)24-20)14-25(16-5-2-1-3-6-16)17-7-4-11-23-12-10-17/h1-3,5-6,8-9,13-14,17,23H,4,7,10-12H2,(H,24,26)/b19-14-. The van der Waals surface area contributed by atoms with Crippen LogP contribution in [0.1, 0.15) is 24.8 Å². The molecule has 0 aliphatic carbocycles. The van der Waals surface area contributed by atoms with E-state index in [2.05, 4.69) is 27.7 Å². The quantitative estimate of drug-likeness (QED) is 0.828. The molecule has 2 aliphatic rings. The third-order valence-electron chi connectivity index (χ3n) is 5.03. The lowest BCUT2D eigenvalue weighted by atomic mass is 10.0. The third kappa shape index (κ3) is 3.35. The lowest BCUT2D eigenvalue weighted by Crippen LogP contribution is -2.32. The summed E-state index contributed by atoms with van der Waals surface area (Å²) in [6.45, 7) is 1.97. The fourth-order valence-corrected chi connectivity index (χ4v) is 3.70. The highest BCUT2D eigenvalue weighted by Crippen LogP contribution is 2.34. The lowest BCUT2D eigenvalue weighted by Gasteiger charge is -2.30. The van der Waals surface area contributed by atoms with Crippen LogP contribution in [0.15, 0.2) is 54.7 Å². The van der Waals surface area contributed by atoms with Gasteiger partial charge < -0.3 is 15.5 Å². The third-order valence-corrected chi connectivity index (χ3v) is 5.03. The van der Waals surface area contributed by atoms with Crippen molar-refractivity contribution in [1.29, 1.82) is 0 Å². The first-order valence-electron chi connectivity index (χ1n) is 9.09. The molecule has 2 aliphatic heterocycles. The summed E-state index contributed by atoms with van der Waals surface area (Å²) in [6, 6.07) is 14.8. The average Bonchev–Trinajstić information content (AvgIpc) is 2.82. The van der Waals surface area contributed by atoms with Gasteiger partial charge in [-0.05, 0) is 62.7 Å². The topological polar surface area (TPSA) is 44.4 Å². The number of halogens is 1. The fourth-order valence-electron chi connectivity index (χ4n) is 3.70. The second kappa shape index (κ2) is 7.30. The summed E-state index contributed by atoms with van der Waals surface area (Å²) in [7, 11) is 0. The number of nitrogens with zero attached hydrogens (tertiary/aromatic N) is 1. The maximum Gasteiger partial charge on any atom is 0.257 e. The van der Waals surface area contributed by atoms with Gasteiger partial charge in [-0.2, -0.15) is 0 Å². The Balaban J connectivity index is 1.76. The van der Waals surface area contributed by atoms with E-state index in [1.807, 2.05) is 24.4 Å². The van der Waals surface area contributed by atoms with E-state index in [1.165, 1.54) is 12.1 Å². The molecule has 0 bridgehead atoms. The zero-order valence-electron chi connectivity index (χ0n) is 14.5. The number of nitrogens with one attached hydrogen (secondary N) is 2. The summed E-state index contributed by atoms with van der Waals surface area (Å²) in [5, 5.41) is 6.27. The van der Waals surface area contributed by atoms with E-state index in [0.29, 0.717) is 22.9 Å². The molecule has 2 N–H and O–H groups in total. The lowest BCUT2D eigenvalue weighted by molar-refractivity contribution is -0.110. The summed E-state index contributed by atoms with van der Waals surface area (Å²) < 4.78 is 13.7. The van der Waals surface area contributed by atoms with Crippen molar-refractivity contribution in [3.8, 4) is 0 Å².